The Morgan fingerprint density at radius 1 is 1.47 bits per heavy atom. The van der Waals surface area contributed by atoms with Crippen LogP contribution in [0.4, 0.5) is 4.79 Å². The Morgan fingerprint density at radius 3 is 2.67 bits per heavy atom. The predicted octanol–water partition coefficient (Wildman–Crippen LogP) is 0.616. The molecule has 0 atom stereocenters. The molecule has 88 valence electrons. The number of carbonyl (C=O) groups excluding carboxylic acids is 1. The smallest absolute Gasteiger partial charge is 0.409 e. The molecule has 5 nitrogen and oxygen atoms in total. The van der Waals surface area contributed by atoms with Crippen molar-refractivity contribution in [2.75, 3.05) is 32.9 Å². The molecule has 1 N–H and O–H groups in total. The van der Waals surface area contributed by atoms with E-state index in [2.05, 4.69) is 0 Å². The van der Waals surface area contributed by atoms with Gasteiger partial charge in [-0.2, -0.15) is 0 Å². The number of hydrogen-bond acceptors (Lipinski definition) is 4. The molecule has 0 bridgehead atoms. The first-order valence-corrected chi connectivity index (χ1v) is 5.42. The van der Waals surface area contributed by atoms with Gasteiger partial charge in [-0.25, -0.2) is 4.79 Å². The van der Waals surface area contributed by atoms with E-state index in [-0.39, 0.29) is 25.4 Å². The van der Waals surface area contributed by atoms with Crippen molar-refractivity contribution in [1.29, 1.82) is 0 Å². The normalized spacial score (nSPS) is 17.9. The average Bonchev–Trinajstić information content (AvgIpc) is 2.27. The van der Waals surface area contributed by atoms with Crippen molar-refractivity contribution in [1.82, 2.24) is 4.90 Å². The monoisotopic (exact) mass is 217 g/mol. The first-order valence-electron chi connectivity index (χ1n) is 5.42. The molecule has 1 fully saturated rings. The molecule has 0 radical (unpaired) electrons. The second-order valence-electron chi connectivity index (χ2n) is 3.48. The van der Waals surface area contributed by atoms with Crippen molar-refractivity contribution in [2.24, 2.45) is 0 Å². The molecular formula is C10H19NO4. The van der Waals surface area contributed by atoms with E-state index in [1.54, 1.807) is 4.90 Å². The van der Waals surface area contributed by atoms with E-state index in [4.69, 9.17) is 14.6 Å². The van der Waals surface area contributed by atoms with Crippen LogP contribution in [0.3, 0.4) is 0 Å². The summed E-state index contributed by atoms with van der Waals surface area (Å²) in [7, 11) is 0. The summed E-state index contributed by atoms with van der Waals surface area (Å²) in [4.78, 5) is 13.0. The van der Waals surface area contributed by atoms with Gasteiger partial charge in [-0.1, -0.05) is 0 Å². The zero-order chi connectivity index (χ0) is 11.1. The van der Waals surface area contributed by atoms with E-state index >= 15 is 0 Å². The Hall–Kier alpha value is -0.810. The Bertz CT molecular complexity index is 190. The van der Waals surface area contributed by atoms with Gasteiger partial charge in [0, 0.05) is 19.7 Å². The lowest BCUT2D eigenvalue weighted by molar-refractivity contribution is 0.00985. The first kappa shape index (κ1) is 12.3. The summed E-state index contributed by atoms with van der Waals surface area (Å²) in [5.74, 6) is 0. The summed E-state index contributed by atoms with van der Waals surface area (Å²) in [5.41, 5.74) is 0. The van der Waals surface area contributed by atoms with Crippen LogP contribution in [0.1, 0.15) is 19.8 Å². The second-order valence-corrected chi connectivity index (χ2v) is 3.48. The maximum atomic E-state index is 11.4. The van der Waals surface area contributed by atoms with Gasteiger partial charge in [0.15, 0.2) is 0 Å². The second kappa shape index (κ2) is 6.63. The highest BCUT2D eigenvalue weighted by molar-refractivity contribution is 5.67. The minimum Gasteiger partial charge on any atom is -0.447 e. The molecular weight excluding hydrogens is 198 g/mol. The van der Waals surface area contributed by atoms with Gasteiger partial charge < -0.3 is 19.5 Å². The molecule has 1 aliphatic rings. The third-order valence-electron chi connectivity index (χ3n) is 2.42. The van der Waals surface area contributed by atoms with Crippen LogP contribution in [0.5, 0.6) is 0 Å². The molecule has 0 aromatic heterocycles. The van der Waals surface area contributed by atoms with E-state index < -0.39 is 0 Å². The van der Waals surface area contributed by atoms with Crippen LogP contribution in [-0.2, 0) is 9.47 Å². The molecule has 0 aromatic rings. The van der Waals surface area contributed by atoms with Gasteiger partial charge in [-0.05, 0) is 19.8 Å². The number of hydrogen-bond donors (Lipinski definition) is 1. The summed E-state index contributed by atoms with van der Waals surface area (Å²) in [6.45, 7) is 4.00. The summed E-state index contributed by atoms with van der Waals surface area (Å²) < 4.78 is 10.3. The number of likely N-dealkylation sites (tertiary alicyclic amines) is 1. The zero-order valence-corrected chi connectivity index (χ0v) is 9.15. The van der Waals surface area contributed by atoms with Crippen molar-refractivity contribution in [2.45, 2.75) is 25.9 Å². The molecule has 5 heteroatoms. The Morgan fingerprint density at radius 2 is 2.13 bits per heavy atom. The van der Waals surface area contributed by atoms with E-state index in [0.29, 0.717) is 13.1 Å². The molecule has 0 spiro atoms. The van der Waals surface area contributed by atoms with Crippen LogP contribution in [0.2, 0.25) is 0 Å². The van der Waals surface area contributed by atoms with Crippen LogP contribution in [0.15, 0.2) is 0 Å². The van der Waals surface area contributed by atoms with Gasteiger partial charge in [-0.3, -0.25) is 0 Å². The summed E-state index contributed by atoms with van der Waals surface area (Å²) in [6.07, 6.45) is 1.67. The van der Waals surface area contributed by atoms with E-state index in [0.717, 1.165) is 19.4 Å². The number of nitrogens with zero attached hydrogens (tertiary/aromatic N) is 1. The summed E-state index contributed by atoms with van der Waals surface area (Å²) in [6, 6.07) is 0. The number of rotatable bonds is 4. The predicted molar refractivity (Wildman–Crippen MR) is 54.7 cm³/mol. The van der Waals surface area contributed by atoms with Crippen LogP contribution in [-0.4, -0.2) is 55.1 Å². The average molecular weight is 217 g/mol. The minimum absolute atomic E-state index is 0.0736. The lowest BCUT2D eigenvalue weighted by Gasteiger charge is -2.30. The SMILES string of the molecule is CCOC1CCN(C(=O)OCCO)CC1. The van der Waals surface area contributed by atoms with Crippen LogP contribution in [0.25, 0.3) is 0 Å². The zero-order valence-electron chi connectivity index (χ0n) is 9.15. The number of aliphatic hydroxyl groups excluding tert-OH is 1. The van der Waals surface area contributed by atoms with Gasteiger partial charge in [0.25, 0.3) is 0 Å². The van der Waals surface area contributed by atoms with E-state index in [1.165, 1.54) is 0 Å². The number of ether oxygens (including phenoxy) is 2. The number of amides is 1. The summed E-state index contributed by atoms with van der Waals surface area (Å²) >= 11 is 0. The van der Waals surface area contributed by atoms with Gasteiger partial charge in [0.05, 0.1) is 12.7 Å². The van der Waals surface area contributed by atoms with Crippen LogP contribution < -0.4 is 0 Å². The fraction of sp³-hybridized carbons (Fsp3) is 0.900. The molecule has 0 aromatic carbocycles. The van der Waals surface area contributed by atoms with Crippen molar-refractivity contribution >= 4 is 6.09 Å². The largest absolute Gasteiger partial charge is 0.447 e. The van der Waals surface area contributed by atoms with Crippen LogP contribution >= 0.6 is 0 Å². The van der Waals surface area contributed by atoms with Crippen molar-refractivity contribution in [3.8, 4) is 0 Å². The van der Waals surface area contributed by atoms with E-state index in [9.17, 15) is 4.79 Å². The van der Waals surface area contributed by atoms with Gasteiger partial charge in [0.1, 0.15) is 6.61 Å². The standard InChI is InChI=1S/C10H19NO4/c1-2-14-9-3-5-11(6-4-9)10(13)15-8-7-12/h9,12H,2-8H2,1H3. The lowest BCUT2D eigenvalue weighted by atomic mass is 10.1. The third kappa shape index (κ3) is 4.05. The topological polar surface area (TPSA) is 59.0 Å². The number of carbonyl (C=O) groups is 1. The molecule has 1 rings (SSSR count). The lowest BCUT2D eigenvalue weighted by Crippen LogP contribution is -2.41. The quantitative estimate of drug-likeness (QED) is 0.749. The fourth-order valence-electron chi connectivity index (χ4n) is 1.66. The molecule has 1 heterocycles. The molecule has 15 heavy (non-hydrogen) atoms. The fourth-order valence-corrected chi connectivity index (χ4v) is 1.66. The molecule has 1 saturated heterocycles. The van der Waals surface area contributed by atoms with Crippen molar-refractivity contribution in [3.63, 3.8) is 0 Å². The molecule has 0 aliphatic carbocycles. The number of aliphatic hydroxyl groups is 1. The Labute approximate surface area is 90.0 Å². The maximum absolute atomic E-state index is 11.4. The van der Waals surface area contributed by atoms with Crippen LogP contribution in [0, 0.1) is 0 Å². The third-order valence-corrected chi connectivity index (χ3v) is 2.42. The Kier molecular flexibility index (Phi) is 5.42. The van der Waals surface area contributed by atoms with Crippen molar-refractivity contribution in [3.05, 3.63) is 0 Å². The molecule has 1 amide bonds. The highest BCUT2D eigenvalue weighted by Gasteiger charge is 2.23. The maximum Gasteiger partial charge on any atom is 0.409 e. The highest BCUT2D eigenvalue weighted by atomic mass is 16.6. The highest BCUT2D eigenvalue weighted by Crippen LogP contribution is 2.14. The van der Waals surface area contributed by atoms with E-state index in [1.807, 2.05) is 6.92 Å². The summed E-state index contributed by atoms with van der Waals surface area (Å²) in [5, 5.41) is 8.51. The molecule has 1 aliphatic heterocycles. The molecule has 0 saturated carbocycles. The Balaban J connectivity index is 2.21. The van der Waals surface area contributed by atoms with Crippen molar-refractivity contribution < 1.29 is 19.4 Å². The minimum atomic E-state index is -0.334. The first-order chi connectivity index (χ1) is 7.27. The van der Waals surface area contributed by atoms with Gasteiger partial charge in [0.2, 0.25) is 0 Å². The van der Waals surface area contributed by atoms with Gasteiger partial charge in [-0.15, -0.1) is 0 Å². The number of piperidine rings is 1. The molecule has 0 unspecified atom stereocenters. The van der Waals surface area contributed by atoms with Gasteiger partial charge >= 0.3 is 6.09 Å².